The van der Waals surface area contributed by atoms with E-state index >= 15 is 0 Å². The predicted octanol–water partition coefficient (Wildman–Crippen LogP) is 2.63. The van der Waals surface area contributed by atoms with Gasteiger partial charge in [0.05, 0.1) is 0 Å². The molecule has 0 spiro atoms. The predicted molar refractivity (Wildman–Crippen MR) is 76.6 cm³/mol. The average molecular weight is 268 g/mol. The van der Waals surface area contributed by atoms with E-state index in [1.807, 2.05) is 36.0 Å². The number of thiazole rings is 1. The molecule has 3 rings (SSSR count). The molecule has 0 aliphatic heterocycles. The molecule has 19 heavy (non-hydrogen) atoms. The molecule has 1 aromatic carbocycles. The maximum atomic E-state index is 9.24. The first-order chi connectivity index (χ1) is 9.24. The number of nitrogens with two attached hydrogens (primary N) is 1. The molecule has 4 nitrogen and oxygen atoms in total. The van der Waals surface area contributed by atoms with Crippen molar-refractivity contribution >= 4 is 22.2 Å². The van der Waals surface area contributed by atoms with Gasteiger partial charge in [0.1, 0.15) is 21.6 Å². The van der Waals surface area contributed by atoms with Crippen LogP contribution >= 0.6 is 11.3 Å². The van der Waals surface area contributed by atoms with Gasteiger partial charge in [-0.1, -0.05) is 18.2 Å². The summed E-state index contributed by atoms with van der Waals surface area (Å²) in [6.45, 7) is 0.365. The molecular weight excluding hydrogens is 256 g/mol. The van der Waals surface area contributed by atoms with Gasteiger partial charge in [0, 0.05) is 36.3 Å². The van der Waals surface area contributed by atoms with Crippen LogP contribution in [0.3, 0.4) is 0 Å². The lowest BCUT2D eigenvalue weighted by atomic mass is 10.1. The fourth-order valence-corrected chi connectivity index (χ4v) is 2.99. The molecule has 0 saturated heterocycles. The Balaban J connectivity index is 2.31. The van der Waals surface area contributed by atoms with Crippen molar-refractivity contribution in [2.24, 2.45) is 12.8 Å². The Morgan fingerprint density at radius 3 is 2.95 bits per heavy atom. The minimum Gasteiger partial charge on any atom is -0.350 e. The van der Waals surface area contributed by atoms with Crippen molar-refractivity contribution in [3.05, 3.63) is 40.3 Å². The molecule has 5 heteroatoms. The van der Waals surface area contributed by atoms with Gasteiger partial charge in [0.15, 0.2) is 0 Å². The third-order valence-corrected chi connectivity index (χ3v) is 4.08. The highest BCUT2D eigenvalue weighted by Crippen LogP contribution is 2.33. The summed E-state index contributed by atoms with van der Waals surface area (Å²) in [6, 6.07) is 10.3. The summed E-state index contributed by atoms with van der Waals surface area (Å²) in [6.07, 6.45) is 2.01. The second-order valence-corrected chi connectivity index (χ2v) is 5.36. The molecule has 0 aliphatic rings. The molecule has 94 valence electrons. The Labute approximate surface area is 114 Å². The Kier molecular flexibility index (Phi) is 2.82. The summed E-state index contributed by atoms with van der Waals surface area (Å²) in [4.78, 5) is 5.11. The fourth-order valence-electron chi connectivity index (χ4n) is 2.24. The van der Waals surface area contributed by atoms with Crippen LogP contribution in [0.5, 0.6) is 0 Å². The first-order valence-electron chi connectivity index (χ1n) is 5.89. The van der Waals surface area contributed by atoms with E-state index in [-0.39, 0.29) is 0 Å². The molecule has 3 aromatic rings. The van der Waals surface area contributed by atoms with E-state index in [0.29, 0.717) is 11.4 Å². The van der Waals surface area contributed by atoms with E-state index in [2.05, 4.69) is 17.1 Å². The SMILES string of the molecule is Cn1cc(-c2nc(CN)sc2C#N)c2ccccc21. The molecule has 0 aliphatic carbocycles. The Morgan fingerprint density at radius 2 is 2.21 bits per heavy atom. The minimum atomic E-state index is 0.365. The van der Waals surface area contributed by atoms with Crippen LogP contribution in [-0.2, 0) is 13.6 Å². The minimum absolute atomic E-state index is 0.365. The number of benzene rings is 1. The number of hydrogen-bond donors (Lipinski definition) is 1. The van der Waals surface area contributed by atoms with Crippen LogP contribution in [0.4, 0.5) is 0 Å². The van der Waals surface area contributed by atoms with Crippen LogP contribution in [0.1, 0.15) is 9.88 Å². The Hall–Kier alpha value is -2.16. The second kappa shape index (κ2) is 4.50. The zero-order valence-electron chi connectivity index (χ0n) is 10.4. The van der Waals surface area contributed by atoms with Crippen LogP contribution in [0, 0.1) is 11.3 Å². The Bertz CT molecular complexity index is 791. The highest BCUT2D eigenvalue weighted by Gasteiger charge is 2.16. The topological polar surface area (TPSA) is 67.6 Å². The molecule has 0 bridgehead atoms. The van der Waals surface area contributed by atoms with Crippen LogP contribution in [0.2, 0.25) is 0 Å². The van der Waals surface area contributed by atoms with Gasteiger partial charge in [0.25, 0.3) is 0 Å². The van der Waals surface area contributed by atoms with Crippen LogP contribution in [-0.4, -0.2) is 9.55 Å². The zero-order chi connectivity index (χ0) is 13.4. The van der Waals surface area contributed by atoms with Gasteiger partial charge in [0.2, 0.25) is 0 Å². The van der Waals surface area contributed by atoms with E-state index in [1.54, 1.807) is 0 Å². The number of aromatic nitrogens is 2. The average Bonchev–Trinajstić information content (AvgIpc) is 3.00. The van der Waals surface area contributed by atoms with Gasteiger partial charge in [-0.2, -0.15) is 5.26 Å². The molecule has 0 amide bonds. The molecule has 0 fully saturated rings. The largest absolute Gasteiger partial charge is 0.350 e. The third kappa shape index (κ3) is 1.82. The van der Waals surface area contributed by atoms with E-state index in [9.17, 15) is 5.26 Å². The van der Waals surface area contributed by atoms with Crippen LogP contribution in [0.25, 0.3) is 22.2 Å². The number of hydrogen-bond acceptors (Lipinski definition) is 4. The molecule has 2 heterocycles. The molecular formula is C14H12N4S. The lowest BCUT2D eigenvalue weighted by Gasteiger charge is -1.95. The first kappa shape index (κ1) is 11.9. The molecule has 2 N–H and O–H groups in total. The Morgan fingerprint density at radius 1 is 1.42 bits per heavy atom. The van der Waals surface area contributed by atoms with Gasteiger partial charge in [-0.25, -0.2) is 4.98 Å². The van der Waals surface area contributed by atoms with Crippen molar-refractivity contribution in [1.29, 1.82) is 5.26 Å². The molecule has 0 radical (unpaired) electrons. The summed E-state index contributed by atoms with van der Waals surface area (Å²) in [5.74, 6) is 0. The fraction of sp³-hybridized carbons (Fsp3) is 0.143. The smallest absolute Gasteiger partial charge is 0.133 e. The second-order valence-electron chi connectivity index (χ2n) is 4.27. The maximum Gasteiger partial charge on any atom is 0.133 e. The van der Waals surface area contributed by atoms with Crippen molar-refractivity contribution in [2.45, 2.75) is 6.54 Å². The van der Waals surface area contributed by atoms with Crippen molar-refractivity contribution < 1.29 is 0 Å². The number of aryl methyl sites for hydroxylation is 1. The summed E-state index contributed by atoms with van der Waals surface area (Å²) in [5, 5.41) is 11.1. The standard InChI is InChI=1S/C14H12N4S/c1-18-8-10(9-4-2-3-5-11(9)18)14-12(6-15)19-13(7-16)17-14/h2-5,8H,7,16H2,1H3. The number of para-hydroxylation sites is 1. The summed E-state index contributed by atoms with van der Waals surface area (Å²) in [7, 11) is 1.99. The molecule has 0 saturated carbocycles. The molecule has 0 atom stereocenters. The maximum absolute atomic E-state index is 9.24. The van der Waals surface area contributed by atoms with E-state index < -0.39 is 0 Å². The molecule has 0 unspecified atom stereocenters. The third-order valence-electron chi connectivity index (χ3n) is 3.10. The molecule has 2 aromatic heterocycles. The quantitative estimate of drug-likeness (QED) is 0.777. The van der Waals surface area contributed by atoms with Gasteiger partial charge in [-0.15, -0.1) is 11.3 Å². The monoisotopic (exact) mass is 268 g/mol. The first-order valence-corrected chi connectivity index (χ1v) is 6.70. The van der Waals surface area contributed by atoms with Gasteiger partial charge in [-0.05, 0) is 6.07 Å². The van der Waals surface area contributed by atoms with Crippen LogP contribution in [0.15, 0.2) is 30.5 Å². The van der Waals surface area contributed by atoms with Crippen molar-refractivity contribution in [3.63, 3.8) is 0 Å². The van der Waals surface area contributed by atoms with E-state index in [4.69, 9.17) is 5.73 Å². The van der Waals surface area contributed by atoms with E-state index in [1.165, 1.54) is 11.3 Å². The number of nitrogens with zero attached hydrogens (tertiary/aromatic N) is 3. The summed E-state index contributed by atoms with van der Waals surface area (Å²) >= 11 is 1.37. The highest BCUT2D eigenvalue weighted by molar-refractivity contribution is 7.12. The normalized spacial score (nSPS) is 10.8. The van der Waals surface area contributed by atoms with E-state index in [0.717, 1.165) is 27.2 Å². The summed E-state index contributed by atoms with van der Waals surface area (Å²) < 4.78 is 2.05. The van der Waals surface area contributed by atoms with Gasteiger partial charge in [-0.3, -0.25) is 0 Å². The number of rotatable bonds is 2. The van der Waals surface area contributed by atoms with Crippen LogP contribution < -0.4 is 5.73 Å². The summed E-state index contributed by atoms with van der Waals surface area (Å²) in [5.41, 5.74) is 8.48. The van der Waals surface area contributed by atoms with Crippen molar-refractivity contribution in [2.75, 3.05) is 0 Å². The van der Waals surface area contributed by atoms with Gasteiger partial charge < -0.3 is 10.3 Å². The van der Waals surface area contributed by atoms with Gasteiger partial charge >= 0.3 is 0 Å². The lowest BCUT2D eigenvalue weighted by molar-refractivity contribution is 0.969. The van der Waals surface area contributed by atoms with Crippen molar-refractivity contribution in [3.8, 4) is 17.3 Å². The zero-order valence-corrected chi connectivity index (χ0v) is 11.2. The highest BCUT2D eigenvalue weighted by atomic mass is 32.1. The number of fused-ring (bicyclic) bond motifs is 1. The lowest BCUT2D eigenvalue weighted by Crippen LogP contribution is -1.94. The number of nitriles is 1. The van der Waals surface area contributed by atoms with Crippen molar-refractivity contribution in [1.82, 2.24) is 9.55 Å².